The van der Waals surface area contributed by atoms with Crippen molar-refractivity contribution < 1.29 is 55.2 Å². The van der Waals surface area contributed by atoms with E-state index in [1.54, 1.807) is 6.49 Å². The van der Waals surface area contributed by atoms with Gasteiger partial charge in [-0.2, -0.15) is 0 Å². The summed E-state index contributed by atoms with van der Waals surface area (Å²) in [5.41, 5.74) is 2.92. The predicted octanol–water partition coefficient (Wildman–Crippen LogP) is -0.367. The monoisotopic (exact) mass is 514 g/mol. The molecule has 0 saturated heterocycles. The van der Waals surface area contributed by atoms with Crippen molar-refractivity contribution in [2.24, 2.45) is 0 Å². The first kappa shape index (κ1) is 25.8. The molecule has 0 spiro atoms. The summed E-state index contributed by atoms with van der Waals surface area (Å²) in [6.45, 7) is 12.7. The van der Waals surface area contributed by atoms with Gasteiger partial charge in [0.1, 0.15) is 0 Å². The van der Waals surface area contributed by atoms with Crippen LogP contribution in [0.4, 0.5) is 0 Å². The molecule has 2 aliphatic carbocycles. The summed E-state index contributed by atoms with van der Waals surface area (Å²) in [4.78, 5) is 0. The van der Waals surface area contributed by atoms with Gasteiger partial charge >= 0.3 is 167 Å². The van der Waals surface area contributed by atoms with Gasteiger partial charge in [0.25, 0.3) is 0 Å². The van der Waals surface area contributed by atoms with Gasteiger partial charge in [-0.15, -0.1) is 0 Å². The van der Waals surface area contributed by atoms with E-state index in [0.717, 1.165) is 12.2 Å². The van der Waals surface area contributed by atoms with E-state index >= 15 is 0 Å². The summed E-state index contributed by atoms with van der Waals surface area (Å²) in [6.07, 6.45) is 10.3. The molecular formula is C22H30Cl2O2SiZr. The Bertz CT molecular complexity index is 803. The number of halogens is 2. The summed E-state index contributed by atoms with van der Waals surface area (Å²) in [5.74, 6) is 1.14. The number of hydrogen-bond donors (Lipinski definition) is 0. The normalized spacial score (nSPS) is 16.8. The molecular weight excluding hydrogens is 486 g/mol. The smallest absolute Gasteiger partial charge is 1.00 e. The standard InChI is InChI=1S/C10H17O2Si.C9H7.C3H6.2ClH.Zr/c1-13(2,3)12-9-8-11-10-6-4-5-7-10;1-2-5-9-7-3-6-8(9)4-1;1-3-2;;;/h4,6H,5,8-9H2,1-3H3;1-7H;1-2H3;2*1H;/q;;;;;+2/p-2. The Kier molecular flexibility index (Phi) is 10.3. The number of fused-ring (bicyclic) bond motifs is 1. The van der Waals surface area contributed by atoms with Gasteiger partial charge in [-0.25, -0.2) is 0 Å². The molecule has 0 bridgehead atoms. The Morgan fingerprint density at radius 1 is 1.07 bits per heavy atom. The van der Waals surface area contributed by atoms with Crippen molar-refractivity contribution >= 4 is 17.6 Å². The van der Waals surface area contributed by atoms with Crippen molar-refractivity contribution in [3.05, 3.63) is 62.7 Å². The summed E-state index contributed by atoms with van der Waals surface area (Å²) < 4.78 is 16.0. The average molecular weight is 517 g/mol. The molecule has 0 aliphatic heterocycles. The summed E-state index contributed by atoms with van der Waals surface area (Å²) in [6, 6.07) is 8.87. The fraction of sp³-hybridized carbons (Fsp3) is 0.409. The van der Waals surface area contributed by atoms with Gasteiger partial charge < -0.3 is 24.8 Å². The molecule has 2 nitrogen and oxygen atoms in total. The van der Waals surface area contributed by atoms with E-state index in [1.807, 2.05) is 0 Å². The molecule has 0 fully saturated rings. The van der Waals surface area contributed by atoms with Gasteiger partial charge in [0.2, 0.25) is 0 Å². The van der Waals surface area contributed by atoms with E-state index in [1.165, 1.54) is 11.1 Å². The second-order valence-electron chi connectivity index (χ2n) is 8.14. The topological polar surface area (TPSA) is 18.5 Å². The molecule has 6 heteroatoms. The van der Waals surface area contributed by atoms with Crippen LogP contribution in [0.5, 0.6) is 0 Å². The molecule has 2 aliphatic rings. The van der Waals surface area contributed by atoms with Crippen LogP contribution in [-0.4, -0.2) is 24.7 Å². The molecule has 3 rings (SSSR count). The molecule has 0 amide bonds. The minimum absolute atomic E-state index is 0. The van der Waals surface area contributed by atoms with Crippen molar-refractivity contribution in [1.29, 1.82) is 0 Å². The number of ether oxygens (including phenoxy) is 1. The zero-order valence-electron chi connectivity index (χ0n) is 17.4. The van der Waals surface area contributed by atoms with E-state index in [2.05, 4.69) is 82.1 Å². The van der Waals surface area contributed by atoms with Crippen molar-refractivity contribution in [2.45, 2.75) is 43.5 Å². The average Bonchev–Trinajstić information content (AvgIpc) is 3.19. The first-order valence-electron chi connectivity index (χ1n) is 9.48. The SMILES string of the molecule is C[C](C)=[Zr+2]([C]1=C(OCCO[Si](C)(C)C)C=CC1)[CH]1C=Cc2ccccc21.[Cl-].[Cl-]. The number of benzene rings is 1. The van der Waals surface area contributed by atoms with Crippen molar-refractivity contribution in [3.63, 3.8) is 0 Å². The Labute approximate surface area is 191 Å². The second-order valence-corrected chi connectivity index (χ2v) is 20.2. The maximum absolute atomic E-state index is 6.19. The van der Waals surface area contributed by atoms with E-state index in [4.69, 9.17) is 9.16 Å². The van der Waals surface area contributed by atoms with E-state index in [9.17, 15) is 0 Å². The fourth-order valence-corrected chi connectivity index (χ4v) is 12.3. The molecule has 1 aromatic rings. The molecule has 0 saturated carbocycles. The van der Waals surface area contributed by atoms with Crippen molar-refractivity contribution in [2.75, 3.05) is 13.2 Å². The summed E-state index contributed by atoms with van der Waals surface area (Å²) >= 11 is -2.00. The number of hydrogen-bond acceptors (Lipinski definition) is 2. The van der Waals surface area contributed by atoms with Crippen LogP contribution in [0, 0.1) is 0 Å². The van der Waals surface area contributed by atoms with Crippen LogP contribution in [0.3, 0.4) is 0 Å². The Morgan fingerprint density at radius 3 is 2.46 bits per heavy atom. The summed E-state index contributed by atoms with van der Waals surface area (Å²) in [5, 5.41) is 0. The Balaban J connectivity index is 0.00000196. The van der Waals surface area contributed by atoms with Gasteiger partial charge in [-0.1, -0.05) is 0 Å². The second kappa shape index (κ2) is 11.2. The van der Waals surface area contributed by atoms with E-state index in [0.29, 0.717) is 16.8 Å². The molecule has 28 heavy (non-hydrogen) atoms. The maximum atomic E-state index is 6.19. The van der Waals surface area contributed by atoms with Crippen LogP contribution in [0.15, 0.2) is 51.5 Å². The van der Waals surface area contributed by atoms with E-state index in [-0.39, 0.29) is 24.8 Å². The van der Waals surface area contributed by atoms with Crippen molar-refractivity contribution in [3.8, 4) is 0 Å². The maximum Gasteiger partial charge on any atom is -1.00 e. The van der Waals surface area contributed by atoms with Crippen LogP contribution in [0.2, 0.25) is 19.6 Å². The first-order valence-corrected chi connectivity index (χ1v) is 16.8. The zero-order valence-corrected chi connectivity index (χ0v) is 22.4. The minimum Gasteiger partial charge on any atom is -1.00 e. The molecule has 1 aromatic carbocycles. The van der Waals surface area contributed by atoms with Crippen LogP contribution in [0.1, 0.15) is 35.0 Å². The third-order valence-corrected chi connectivity index (χ3v) is 13.9. The van der Waals surface area contributed by atoms with E-state index < -0.39 is 29.6 Å². The van der Waals surface area contributed by atoms with Gasteiger partial charge in [0, 0.05) is 0 Å². The van der Waals surface area contributed by atoms with Gasteiger partial charge in [0.05, 0.1) is 0 Å². The van der Waals surface area contributed by atoms with Crippen molar-refractivity contribution in [1.82, 2.24) is 0 Å². The quantitative estimate of drug-likeness (QED) is 0.364. The molecule has 0 N–H and O–H groups in total. The Hall–Kier alpha value is -0.250. The van der Waals surface area contributed by atoms with Crippen LogP contribution in [0.25, 0.3) is 6.08 Å². The molecule has 1 atom stereocenters. The van der Waals surface area contributed by atoms with Crippen LogP contribution < -0.4 is 24.8 Å². The molecule has 0 aromatic heterocycles. The number of rotatable bonds is 7. The molecule has 0 radical (unpaired) electrons. The molecule has 0 heterocycles. The van der Waals surface area contributed by atoms with Gasteiger partial charge in [-0.05, 0) is 0 Å². The predicted molar refractivity (Wildman–Crippen MR) is 111 cm³/mol. The Morgan fingerprint density at radius 2 is 1.79 bits per heavy atom. The van der Waals surface area contributed by atoms with Crippen LogP contribution in [-0.2, 0) is 30.4 Å². The molecule has 1 unspecified atom stereocenters. The number of allylic oxidation sites excluding steroid dienone is 4. The molecule has 152 valence electrons. The largest absolute Gasteiger partial charge is 1.00 e. The first-order chi connectivity index (χ1) is 12.4. The zero-order chi connectivity index (χ0) is 18.7. The van der Waals surface area contributed by atoms with Crippen LogP contribution >= 0.6 is 0 Å². The summed E-state index contributed by atoms with van der Waals surface area (Å²) in [7, 11) is -1.47. The van der Waals surface area contributed by atoms with Gasteiger partial charge in [-0.3, -0.25) is 0 Å². The third kappa shape index (κ3) is 6.37. The minimum atomic E-state index is -2.00. The third-order valence-electron chi connectivity index (χ3n) is 4.74. The fourth-order valence-electron chi connectivity index (χ4n) is 3.66. The van der Waals surface area contributed by atoms with Gasteiger partial charge in [0.15, 0.2) is 0 Å².